The Morgan fingerprint density at radius 2 is 1.90 bits per heavy atom. The molecule has 20 heavy (non-hydrogen) atoms. The van der Waals surface area contributed by atoms with E-state index < -0.39 is 21.9 Å². The molecule has 0 radical (unpaired) electrons. The first-order chi connectivity index (χ1) is 9.32. The largest absolute Gasteiger partial charge is 0.469 e. The van der Waals surface area contributed by atoms with Crippen LogP contribution in [-0.2, 0) is 24.9 Å². The zero-order chi connectivity index (χ0) is 15.3. The molecule has 1 aromatic carbocycles. The van der Waals surface area contributed by atoms with E-state index in [1.165, 1.54) is 14.2 Å². The van der Waals surface area contributed by atoms with Crippen LogP contribution in [0.5, 0.6) is 0 Å². The van der Waals surface area contributed by atoms with Gasteiger partial charge in [-0.05, 0) is 17.7 Å². The van der Waals surface area contributed by atoms with Crippen LogP contribution in [0.25, 0.3) is 0 Å². The molecule has 1 rings (SSSR count). The molecular formula is C13H18BrNO4S. The number of carbonyl (C=O) groups excluding carboxylic acids is 1. The third-order valence-electron chi connectivity index (χ3n) is 2.92. The number of hydrogen-bond donors (Lipinski definition) is 0. The number of halogens is 1. The third-order valence-corrected chi connectivity index (χ3v) is 5.41. The Labute approximate surface area is 128 Å². The van der Waals surface area contributed by atoms with E-state index in [-0.39, 0.29) is 11.4 Å². The van der Waals surface area contributed by atoms with E-state index >= 15 is 0 Å². The molecule has 0 heterocycles. The van der Waals surface area contributed by atoms with Crippen molar-refractivity contribution in [1.29, 1.82) is 0 Å². The van der Waals surface area contributed by atoms with Gasteiger partial charge in [0.15, 0.2) is 0 Å². The summed E-state index contributed by atoms with van der Waals surface area (Å²) in [5, 5.41) is 0.669. The molecule has 5 nitrogen and oxygen atoms in total. The molecule has 112 valence electrons. The molecule has 7 heteroatoms. The summed E-state index contributed by atoms with van der Waals surface area (Å²) in [4.78, 5) is 11.6. The Balaban J connectivity index is 2.89. The summed E-state index contributed by atoms with van der Waals surface area (Å²) in [6, 6.07) is 6.62. The lowest BCUT2D eigenvalue weighted by atomic mass is 10.2. The van der Waals surface area contributed by atoms with Crippen LogP contribution in [0.4, 0.5) is 0 Å². The number of ether oxygens (including phenoxy) is 1. The molecule has 0 aromatic heterocycles. The minimum absolute atomic E-state index is 0.0786. The second-order valence-corrected chi connectivity index (χ2v) is 7.09. The maximum Gasteiger partial charge on any atom is 0.309 e. The van der Waals surface area contributed by atoms with E-state index in [0.29, 0.717) is 5.33 Å². The average Bonchev–Trinajstić information content (AvgIpc) is 2.46. The monoisotopic (exact) mass is 363 g/mol. The fourth-order valence-electron chi connectivity index (χ4n) is 1.69. The van der Waals surface area contributed by atoms with Gasteiger partial charge in [-0.25, -0.2) is 12.7 Å². The van der Waals surface area contributed by atoms with Crippen molar-refractivity contribution in [3.05, 3.63) is 29.8 Å². The van der Waals surface area contributed by atoms with Crippen molar-refractivity contribution in [3.8, 4) is 0 Å². The lowest BCUT2D eigenvalue weighted by Gasteiger charge is -2.20. The summed E-state index contributed by atoms with van der Waals surface area (Å²) in [5.74, 6) is -0.941. The van der Waals surface area contributed by atoms with Gasteiger partial charge in [0.25, 0.3) is 0 Å². The molecule has 1 aromatic rings. The second-order valence-electron chi connectivity index (χ2n) is 4.49. The molecule has 1 atom stereocenters. The van der Waals surface area contributed by atoms with Crippen molar-refractivity contribution in [2.24, 2.45) is 5.92 Å². The fraction of sp³-hybridized carbons (Fsp3) is 0.462. The van der Waals surface area contributed by atoms with Gasteiger partial charge in [0.1, 0.15) is 0 Å². The summed E-state index contributed by atoms with van der Waals surface area (Å²) < 4.78 is 30.4. The number of rotatable bonds is 6. The van der Waals surface area contributed by atoms with E-state index in [2.05, 4.69) is 20.7 Å². The van der Waals surface area contributed by atoms with Crippen LogP contribution in [0.3, 0.4) is 0 Å². The Hall–Kier alpha value is -0.920. The molecule has 0 aliphatic rings. The molecule has 1 unspecified atom stereocenters. The van der Waals surface area contributed by atoms with Gasteiger partial charge in [-0.2, -0.15) is 0 Å². The molecule has 0 saturated carbocycles. The highest BCUT2D eigenvalue weighted by molar-refractivity contribution is 9.08. The summed E-state index contributed by atoms with van der Waals surface area (Å²) >= 11 is 3.31. The number of methoxy groups -OCH3 is 1. The van der Waals surface area contributed by atoms with Crippen LogP contribution in [0.1, 0.15) is 12.5 Å². The van der Waals surface area contributed by atoms with Crippen LogP contribution in [-0.4, -0.2) is 39.4 Å². The Morgan fingerprint density at radius 1 is 1.35 bits per heavy atom. The number of nitrogens with zero attached hydrogens (tertiary/aromatic N) is 1. The SMILES string of the molecule is COC(=O)C(C)CN(C)S(=O)(=O)c1ccc(CBr)cc1. The van der Waals surface area contributed by atoms with Crippen LogP contribution in [0.15, 0.2) is 29.2 Å². The first-order valence-electron chi connectivity index (χ1n) is 6.02. The van der Waals surface area contributed by atoms with E-state index in [4.69, 9.17) is 0 Å². The van der Waals surface area contributed by atoms with E-state index in [1.807, 2.05) is 0 Å². The zero-order valence-electron chi connectivity index (χ0n) is 11.7. The van der Waals surface area contributed by atoms with Crippen LogP contribution >= 0.6 is 15.9 Å². The Morgan fingerprint density at radius 3 is 2.35 bits per heavy atom. The molecule has 0 bridgehead atoms. The minimum atomic E-state index is -3.59. The van der Waals surface area contributed by atoms with E-state index in [1.54, 1.807) is 31.2 Å². The quantitative estimate of drug-likeness (QED) is 0.572. The molecule has 0 spiro atoms. The lowest BCUT2D eigenvalue weighted by molar-refractivity contribution is -0.144. The first kappa shape index (κ1) is 17.1. The second kappa shape index (κ2) is 7.19. The first-order valence-corrected chi connectivity index (χ1v) is 8.58. The Kier molecular flexibility index (Phi) is 6.16. The number of hydrogen-bond acceptors (Lipinski definition) is 4. The van der Waals surface area contributed by atoms with Crippen molar-refractivity contribution in [2.75, 3.05) is 20.7 Å². The van der Waals surface area contributed by atoms with Crippen molar-refractivity contribution >= 4 is 31.9 Å². The van der Waals surface area contributed by atoms with Gasteiger partial charge in [-0.15, -0.1) is 0 Å². The van der Waals surface area contributed by atoms with Gasteiger partial charge < -0.3 is 4.74 Å². The predicted octanol–water partition coefficient (Wildman–Crippen LogP) is 2.01. The normalized spacial score (nSPS) is 13.2. The number of carbonyl (C=O) groups is 1. The van der Waals surface area contributed by atoms with Crippen molar-refractivity contribution in [1.82, 2.24) is 4.31 Å². The predicted molar refractivity (Wildman–Crippen MR) is 80.1 cm³/mol. The smallest absolute Gasteiger partial charge is 0.309 e. The zero-order valence-corrected chi connectivity index (χ0v) is 14.1. The van der Waals surface area contributed by atoms with E-state index in [9.17, 15) is 13.2 Å². The molecule has 0 fully saturated rings. The lowest BCUT2D eigenvalue weighted by Crippen LogP contribution is -2.34. The maximum absolute atomic E-state index is 12.3. The van der Waals surface area contributed by atoms with Crippen LogP contribution < -0.4 is 0 Å². The molecule has 0 N–H and O–H groups in total. The number of esters is 1. The van der Waals surface area contributed by atoms with Crippen molar-refractivity contribution in [2.45, 2.75) is 17.1 Å². The van der Waals surface area contributed by atoms with Gasteiger partial charge in [0, 0.05) is 18.9 Å². The number of benzene rings is 1. The van der Waals surface area contributed by atoms with Crippen LogP contribution in [0.2, 0.25) is 0 Å². The van der Waals surface area contributed by atoms with E-state index in [0.717, 1.165) is 9.87 Å². The van der Waals surface area contributed by atoms with Crippen LogP contribution in [0, 0.1) is 5.92 Å². The van der Waals surface area contributed by atoms with Gasteiger partial charge in [0.2, 0.25) is 10.0 Å². The van der Waals surface area contributed by atoms with Crippen molar-refractivity contribution < 1.29 is 17.9 Å². The standard InChI is InChI=1S/C13H18BrNO4S/c1-10(13(16)19-3)9-15(2)20(17,18)12-6-4-11(8-14)5-7-12/h4-7,10H,8-9H2,1-3H3. The molecular weight excluding hydrogens is 346 g/mol. The highest BCUT2D eigenvalue weighted by Crippen LogP contribution is 2.17. The summed E-state index contributed by atoms with van der Waals surface area (Å²) in [6.07, 6.45) is 0. The average molecular weight is 364 g/mol. The topological polar surface area (TPSA) is 63.7 Å². The summed E-state index contributed by atoms with van der Waals surface area (Å²) in [6.45, 7) is 1.71. The molecule has 0 amide bonds. The maximum atomic E-state index is 12.3. The number of alkyl halides is 1. The summed E-state index contributed by atoms with van der Waals surface area (Å²) in [7, 11) is -0.855. The molecule has 0 aliphatic heterocycles. The summed E-state index contributed by atoms with van der Waals surface area (Å²) in [5.41, 5.74) is 0.995. The van der Waals surface area contributed by atoms with Gasteiger partial charge in [0.05, 0.1) is 17.9 Å². The highest BCUT2D eigenvalue weighted by atomic mass is 79.9. The molecule has 0 aliphatic carbocycles. The Bertz CT molecular complexity index is 556. The third kappa shape index (κ3) is 4.04. The fourth-order valence-corrected chi connectivity index (χ4v) is 3.32. The number of sulfonamides is 1. The molecule has 0 saturated heterocycles. The highest BCUT2D eigenvalue weighted by Gasteiger charge is 2.25. The van der Waals surface area contributed by atoms with Gasteiger partial charge >= 0.3 is 5.97 Å². The van der Waals surface area contributed by atoms with Gasteiger partial charge in [-0.3, -0.25) is 4.79 Å². The van der Waals surface area contributed by atoms with Crippen molar-refractivity contribution in [3.63, 3.8) is 0 Å². The minimum Gasteiger partial charge on any atom is -0.469 e. The van der Waals surface area contributed by atoms with Gasteiger partial charge in [-0.1, -0.05) is 35.0 Å².